The smallest absolute Gasteiger partial charge is 0.306 e. The maximum absolute atomic E-state index is 12.1. The predicted octanol–water partition coefficient (Wildman–Crippen LogP) is 3.92. The van der Waals surface area contributed by atoms with E-state index in [9.17, 15) is 9.59 Å². The van der Waals surface area contributed by atoms with E-state index in [1.807, 2.05) is 44.4 Å². The summed E-state index contributed by atoms with van der Waals surface area (Å²) in [6.45, 7) is 5.69. The number of aryl methyl sites for hydroxylation is 2. The summed E-state index contributed by atoms with van der Waals surface area (Å²) in [5.74, 6) is -0.762. The van der Waals surface area contributed by atoms with Crippen LogP contribution in [0.25, 0.3) is 0 Å². The number of hydrogen-bond donors (Lipinski definition) is 1. The standard InChI is InChI=1S/C23H30N4O3S/c1-16-20(17(2)25-23(24-16)31-3)11-12-22(29)30-15-21(28)26-18-7-9-19(10-8-18)27-13-5-4-6-14-27/h7-10H,4-6,11-15H2,1-3H3,(H,26,28). The molecule has 1 N–H and O–H groups in total. The van der Waals surface area contributed by atoms with Crippen LogP contribution in [0.5, 0.6) is 0 Å². The summed E-state index contributed by atoms with van der Waals surface area (Å²) in [7, 11) is 0. The Balaban J connectivity index is 1.42. The van der Waals surface area contributed by atoms with E-state index in [0.29, 0.717) is 12.1 Å². The van der Waals surface area contributed by atoms with Gasteiger partial charge in [-0.2, -0.15) is 0 Å². The molecule has 1 aliphatic heterocycles. The van der Waals surface area contributed by atoms with Gasteiger partial charge in [0.2, 0.25) is 0 Å². The van der Waals surface area contributed by atoms with Gasteiger partial charge in [0.15, 0.2) is 11.8 Å². The summed E-state index contributed by atoms with van der Waals surface area (Å²) >= 11 is 1.49. The van der Waals surface area contributed by atoms with E-state index in [0.717, 1.165) is 35.2 Å². The molecule has 7 nitrogen and oxygen atoms in total. The topological polar surface area (TPSA) is 84.4 Å². The lowest BCUT2D eigenvalue weighted by atomic mass is 10.1. The minimum absolute atomic E-state index is 0.182. The van der Waals surface area contributed by atoms with E-state index < -0.39 is 5.97 Å². The molecule has 1 aromatic carbocycles. The Hall–Kier alpha value is -2.61. The highest BCUT2D eigenvalue weighted by atomic mass is 32.2. The van der Waals surface area contributed by atoms with Gasteiger partial charge in [-0.1, -0.05) is 11.8 Å². The fourth-order valence-corrected chi connectivity index (χ4v) is 4.17. The number of carbonyl (C=O) groups excluding carboxylic acids is 2. The first-order chi connectivity index (χ1) is 15.0. The molecule has 0 saturated carbocycles. The number of esters is 1. The van der Waals surface area contributed by atoms with Gasteiger partial charge in [0.05, 0.1) is 0 Å². The number of ether oxygens (including phenoxy) is 1. The summed E-state index contributed by atoms with van der Waals surface area (Å²) in [5.41, 5.74) is 4.56. The molecule has 8 heteroatoms. The highest BCUT2D eigenvalue weighted by Crippen LogP contribution is 2.22. The van der Waals surface area contributed by atoms with Gasteiger partial charge < -0.3 is 15.0 Å². The van der Waals surface area contributed by atoms with Crippen molar-refractivity contribution in [3.8, 4) is 0 Å². The van der Waals surface area contributed by atoms with Crippen LogP contribution in [0.3, 0.4) is 0 Å². The molecule has 2 aromatic rings. The number of amides is 1. The Morgan fingerprint density at radius 1 is 1.06 bits per heavy atom. The van der Waals surface area contributed by atoms with E-state index >= 15 is 0 Å². The van der Waals surface area contributed by atoms with Crippen LogP contribution in [-0.4, -0.2) is 47.8 Å². The first kappa shape index (κ1) is 23.1. The number of rotatable bonds is 8. The number of benzene rings is 1. The van der Waals surface area contributed by atoms with Crippen molar-refractivity contribution in [2.45, 2.75) is 51.1 Å². The zero-order valence-corrected chi connectivity index (χ0v) is 19.3. The molecule has 0 bridgehead atoms. The third kappa shape index (κ3) is 6.69. The normalized spacial score (nSPS) is 13.7. The minimum atomic E-state index is -0.414. The number of hydrogen-bond acceptors (Lipinski definition) is 7. The number of aromatic nitrogens is 2. The SMILES string of the molecule is CSc1nc(C)c(CCC(=O)OCC(=O)Nc2ccc(N3CCCCC3)cc2)c(C)n1. The molecule has 0 atom stereocenters. The van der Waals surface area contributed by atoms with Crippen molar-refractivity contribution in [1.82, 2.24) is 9.97 Å². The molecule has 0 spiro atoms. The Morgan fingerprint density at radius 2 is 1.71 bits per heavy atom. The van der Waals surface area contributed by atoms with E-state index in [-0.39, 0.29) is 18.9 Å². The molecule has 3 rings (SSSR count). The third-order valence-corrected chi connectivity index (χ3v) is 5.95. The van der Waals surface area contributed by atoms with Crippen molar-refractivity contribution >= 4 is 35.0 Å². The van der Waals surface area contributed by atoms with E-state index in [1.165, 1.54) is 36.7 Å². The van der Waals surface area contributed by atoms with Gasteiger partial charge in [0.25, 0.3) is 5.91 Å². The number of nitrogens with one attached hydrogen (secondary N) is 1. The van der Waals surface area contributed by atoms with Crippen LogP contribution in [0.2, 0.25) is 0 Å². The molecular weight excluding hydrogens is 412 g/mol. The average Bonchev–Trinajstić information content (AvgIpc) is 2.78. The van der Waals surface area contributed by atoms with Gasteiger partial charge in [-0.05, 0) is 75.6 Å². The second-order valence-electron chi connectivity index (χ2n) is 7.66. The summed E-state index contributed by atoms with van der Waals surface area (Å²) in [6, 6.07) is 7.80. The predicted molar refractivity (Wildman–Crippen MR) is 124 cm³/mol. The van der Waals surface area contributed by atoms with Crippen molar-refractivity contribution in [2.75, 3.05) is 36.2 Å². The summed E-state index contributed by atoms with van der Waals surface area (Å²) < 4.78 is 5.14. The van der Waals surface area contributed by atoms with Crippen LogP contribution >= 0.6 is 11.8 Å². The molecule has 0 radical (unpaired) electrons. The van der Waals surface area contributed by atoms with Gasteiger partial charge in [-0.25, -0.2) is 9.97 Å². The highest BCUT2D eigenvalue weighted by molar-refractivity contribution is 7.98. The van der Waals surface area contributed by atoms with Crippen LogP contribution in [0.4, 0.5) is 11.4 Å². The number of carbonyl (C=O) groups is 2. The van der Waals surface area contributed by atoms with E-state index in [1.54, 1.807) is 0 Å². The number of anilines is 2. The van der Waals surface area contributed by atoms with Crippen LogP contribution in [0.1, 0.15) is 42.6 Å². The Bertz CT molecular complexity index is 889. The van der Waals surface area contributed by atoms with E-state index in [2.05, 4.69) is 20.2 Å². The average molecular weight is 443 g/mol. The first-order valence-electron chi connectivity index (χ1n) is 10.6. The summed E-state index contributed by atoms with van der Waals surface area (Å²) in [5, 5.41) is 3.50. The quantitative estimate of drug-likeness (QED) is 0.377. The van der Waals surface area contributed by atoms with Crippen LogP contribution in [-0.2, 0) is 20.7 Å². The number of nitrogens with zero attached hydrogens (tertiary/aromatic N) is 3. The van der Waals surface area contributed by atoms with Crippen molar-refractivity contribution < 1.29 is 14.3 Å². The molecule has 1 aromatic heterocycles. The zero-order valence-electron chi connectivity index (χ0n) is 18.4. The molecule has 1 fully saturated rings. The van der Waals surface area contributed by atoms with Crippen LogP contribution in [0.15, 0.2) is 29.4 Å². The molecule has 0 aliphatic carbocycles. The molecule has 1 amide bonds. The summed E-state index contributed by atoms with van der Waals surface area (Å²) in [4.78, 5) is 35.4. The van der Waals surface area contributed by atoms with Gasteiger partial charge >= 0.3 is 5.97 Å². The van der Waals surface area contributed by atoms with Crippen molar-refractivity contribution in [2.24, 2.45) is 0 Å². The Morgan fingerprint density at radius 3 is 2.32 bits per heavy atom. The largest absolute Gasteiger partial charge is 0.456 e. The Labute approximate surface area is 188 Å². The number of thioether (sulfide) groups is 1. The second-order valence-corrected chi connectivity index (χ2v) is 8.44. The molecule has 2 heterocycles. The minimum Gasteiger partial charge on any atom is -0.456 e. The summed E-state index contributed by atoms with van der Waals surface area (Å²) in [6.07, 6.45) is 6.34. The molecule has 166 valence electrons. The lowest BCUT2D eigenvalue weighted by Crippen LogP contribution is -2.29. The maximum atomic E-state index is 12.1. The van der Waals surface area contributed by atoms with Crippen molar-refractivity contribution in [3.05, 3.63) is 41.2 Å². The zero-order chi connectivity index (χ0) is 22.2. The first-order valence-corrected chi connectivity index (χ1v) is 11.9. The van der Waals surface area contributed by atoms with Gasteiger partial charge in [-0.15, -0.1) is 0 Å². The molecule has 0 unspecified atom stereocenters. The lowest BCUT2D eigenvalue weighted by Gasteiger charge is -2.28. The van der Waals surface area contributed by atoms with Gasteiger partial charge in [0, 0.05) is 42.3 Å². The van der Waals surface area contributed by atoms with Crippen molar-refractivity contribution in [1.29, 1.82) is 0 Å². The van der Waals surface area contributed by atoms with Crippen LogP contribution < -0.4 is 10.2 Å². The third-order valence-electron chi connectivity index (χ3n) is 5.40. The molecular formula is C23H30N4O3S. The van der Waals surface area contributed by atoms with Crippen LogP contribution in [0, 0.1) is 13.8 Å². The highest BCUT2D eigenvalue weighted by Gasteiger charge is 2.14. The maximum Gasteiger partial charge on any atom is 0.306 e. The monoisotopic (exact) mass is 442 g/mol. The molecule has 31 heavy (non-hydrogen) atoms. The lowest BCUT2D eigenvalue weighted by molar-refractivity contribution is -0.147. The Kier molecular flexibility index (Phi) is 8.28. The van der Waals surface area contributed by atoms with E-state index in [4.69, 9.17) is 4.74 Å². The number of piperidine rings is 1. The second kappa shape index (κ2) is 11.1. The fourth-order valence-electron chi connectivity index (χ4n) is 3.71. The van der Waals surface area contributed by atoms with Gasteiger partial charge in [-0.3, -0.25) is 9.59 Å². The fraction of sp³-hybridized carbons (Fsp3) is 0.478. The molecule has 1 saturated heterocycles. The van der Waals surface area contributed by atoms with Gasteiger partial charge in [0.1, 0.15) is 0 Å². The van der Waals surface area contributed by atoms with Crippen molar-refractivity contribution in [3.63, 3.8) is 0 Å². The molecule has 1 aliphatic rings.